The van der Waals surface area contributed by atoms with Gasteiger partial charge < -0.3 is 10.2 Å². The molecule has 1 aliphatic rings. The van der Waals surface area contributed by atoms with E-state index < -0.39 is 5.97 Å². The van der Waals surface area contributed by atoms with E-state index in [4.69, 9.17) is 5.11 Å². The van der Waals surface area contributed by atoms with E-state index in [0.29, 0.717) is 6.54 Å². The summed E-state index contributed by atoms with van der Waals surface area (Å²) >= 11 is 0. The molecule has 2 unspecified atom stereocenters. The lowest BCUT2D eigenvalue weighted by atomic mass is 9.97. The van der Waals surface area contributed by atoms with Crippen LogP contribution in [0.1, 0.15) is 13.3 Å². The monoisotopic (exact) mass is 199 g/mol. The largest absolute Gasteiger partial charge is 0.478 e. The number of carboxylic acid groups (broad SMARTS) is 1. The van der Waals surface area contributed by atoms with E-state index in [-0.39, 0.29) is 12.0 Å². The third kappa shape index (κ3) is 3.47. The Balaban J connectivity index is 2.30. The average Bonchev–Trinajstić information content (AvgIpc) is 2.10. The summed E-state index contributed by atoms with van der Waals surface area (Å²) in [6.07, 6.45) is 3.39. The number of likely N-dealkylation sites (tertiary alicyclic amines) is 1. The molecule has 0 aromatic carbocycles. The predicted molar refractivity (Wildman–Crippen MR) is 53.0 cm³/mol. The van der Waals surface area contributed by atoms with Gasteiger partial charge in [0.05, 0.1) is 6.10 Å². The number of carbonyl (C=O) groups is 1. The minimum Gasteiger partial charge on any atom is -0.478 e. The van der Waals surface area contributed by atoms with Crippen molar-refractivity contribution in [2.45, 2.75) is 19.4 Å². The van der Waals surface area contributed by atoms with E-state index in [1.165, 1.54) is 0 Å². The predicted octanol–water partition coefficient (Wildman–Crippen LogP) is 0.330. The van der Waals surface area contributed by atoms with E-state index in [1.54, 1.807) is 6.08 Å². The Bertz CT molecular complexity index is 227. The standard InChI is InChI=1S/C10H17NO3/c1-8-7-11(6-4-9(8)12)5-2-3-10(13)14/h2-3,8-9,12H,4-7H2,1H3,(H,13,14). The number of rotatable bonds is 3. The number of piperidine rings is 1. The van der Waals surface area contributed by atoms with Crippen LogP contribution < -0.4 is 0 Å². The lowest BCUT2D eigenvalue weighted by Crippen LogP contribution is -2.41. The van der Waals surface area contributed by atoms with E-state index in [2.05, 4.69) is 4.90 Å². The van der Waals surface area contributed by atoms with Gasteiger partial charge in [0.2, 0.25) is 0 Å². The number of carboxylic acids is 1. The molecule has 4 heteroatoms. The molecule has 0 saturated carbocycles. The van der Waals surface area contributed by atoms with E-state index in [1.807, 2.05) is 6.92 Å². The number of hydrogen-bond donors (Lipinski definition) is 2. The van der Waals surface area contributed by atoms with Crippen LogP contribution in [0.3, 0.4) is 0 Å². The summed E-state index contributed by atoms with van der Waals surface area (Å²) in [4.78, 5) is 12.4. The van der Waals surface area contributed by atoms with Crippen LogP contribution >= 0.6 is 0 Å². The van der Waals surface area contributed by atoms with Gasteiger partial charge >= 0.3 is 5.97 Å². The Morgan fingerprint density at radius 1 is 1.64 bits per heavy atom. The van der Waals surface area contributed by atoms with Crippen molar-refractivity contribution >= 4 is 5.97 Å². The smallest absolute Gasteiger partial charge is 0.328 e. The zero-order chi connectivity index (χ0) is 10.6. The van der Waals surface area contributed by atoms with Gasteiger partial charge in [-0.25, -0.2) is 4.79 Å². The Labute approximate surface area is 83.8 Å². The van der Waals surface area contributed by atoms with Crippen LogP contribution in [-0.2, 0) is 4.79 Å². The van der Waals surface area contributed by atoms with Gasteiger partial charge in [-0.15, -0.1) is 0 Å². The highest BCUT2D eigenvalue weighted by Gasteiger charge is 2.22. The van der Waals surface area contributed by atoms with Crippen LogP contribution in [-0.4, -0.2) is 46.8 Å². The van der Waals surface area contributed by atoms with Crippen molar-refractivity contribution in [3.63, 3.8) is 0 Å². The van der Waals surface area contributed by atoms with Gasteiger partial charge in [0.1, 0.15) is 0 Å². The highest BCUT2D eigenvalue weighted by molar-refractivity contribution is 5.79. The quantitative estimate of drug-likeness (QED) is 0.643. The maximum absolute atomic E-state index is 10.2. The minimum atomic E-state index is -0.907. The number of nitrogens with zero attached hydrogens (tertiary/aromatic N) is 1. The van der Waals surface area contributed by atoms with Gasteiger partial charge in [0, 0.05) is 25.7 Å². The van der Waals surface area contributed by atoms with E-state index in [0.717, 1.165) is 25.6 Å². The first-order chi connectivity index (χ1) is 6.59. The molecule has 1 saturated heterocycles. The first-order valence-electron chi connectivity index (χ1n) is 4.89. The Morgan fingerprint density at radius 2 is 2.36 bits per heavy atom. The number of aliphatic hydroxyl groups is 1. The van der Waals surface area contributed by atoms with Gasteiger partial charge in [0.15, 0.2) is 0 Å². The van der Waals surface area contributed by atoms with Crippen molar-refractivity contribution in [1.82, 2.24) is 4.90 Å². The summed E-state index contributed by atoms with van der Waals surface area (Å²) < 4.78 is 0. The molecular formula is C10H17NO3. The molecule has 0 bridgehead atoms. The Hall–Kier alpha value is -0.870. The van der Waals surface area contributed by atoms with Crippen LogP contribution in [0.15, 0.2) is 12.2 Å². The molecule has 80 valence electrons. The van der Waals surface area contributed by atoms with E-state index >= 15 is 0 Å². The van der Waals surface area contributed by atoms with Crippen molar-refractivity contribution in [2.24, 2.45) is 5.92 Å². The molecule has 0 radical (unpaired) electrons. The van der Waals surface area contributed by atoms with Crippen LogP contribution in [0.25, 0.3) is 0 Å². The average molecular weight is 199 g/mol. The SMILES string of the molecule is CC1CN(CC=CC(=O)O)CCC1O. The fourth-order valence-electron chi connectivity index (χ4n) is 1.69. The fourth-order valence-corrected chi connectivity index (χ4v) is 1.69. The first kappa shape index (κ1) is 11.2. The molecule has 14 heavy (non-hydrogen) atoms. The highest BCUT2D eigenvalue weighted by Crippen LogP contribution is 2.15. The molecule has 2 N–H and O–H groups in total. The maximum Gasteiger partial charge on any atom is 0.328 e. The van der Waals surface area contributed by atoms with Crippen LogP contribution in [0.4, 0.5) is 0 Å². The molecule has 0 spiro atoms. The molecule has 1 rings (SSSR count). The van der Waals surface area contributed by atoms with Gasteiger partial charge in [-0.05, 0) is 12.3 Å². The van der Waals surface area contributed by atoms with Crippen molar-refractivity contribution in [3.05, 3.63) is 12.2 Å². The number of aliphatic carboxylic acids is 1. The second-order valence-corrected chi connectivity index (χ2v) is 3.83. The molecule has 0 aromatic rings. The second-order valence-electron chi connectivity index (χ2n) is 3.83. The van der Waals surface area contributed by atoms with Crippen molar-refractivity contribution < 1.29 is 15.0 Å². The molecule has 1 fully saturated rings. The molecule has 1 aliphatic heterocycles. The van der Waals surface area contributed by atoms with Crippen LogP contribution in [0.5, 0.6) is 0 Å². The highest BCUT2D eigenvalue weighted by atomic mass is 16.4. The Kier molecular flexibility index (Phi) is 4.10. The Morgan fingerprint density at radius 3 is 2.93 bits per heavy atom. The summed E-state index contributed by atoms with van der Waals surface area (Å²) in [5, 5.41) is 17.9. The second kappa shape index (κ2) is 5.12. The third-order valence-corrected chi connectivity index (χ3v) is 2.57. The summed E-state index contributed by atoms with van der Waals surface area (Å²) in [7, 11) is 0. The number of hydrogen-bond acceptors (Lipinski definition) is 3. The third-order valence-electron chi connectivity index (χ3n) is 2.57. The molecule has 0 aromatic heterocycles. The zero-order valence-corrected chi connectivity index (χ0v) is 8.39. The normalized spacial score (nSPS) is 29.6. The van der Waals surface area contributed by atoms with Crippen LogP contribution in [0, 0.1) is 5.92 Å². The van der Waals surface area contributed by atoms with Crippen LogP contribution in [0.2, 0.25) is 0 Å². The zero-order valence-electron chi connectivity index (χ0n) is 8.39. The summed E-state index contributed by atoms with van der Waals surface area (Å²) in [6, 6.07) is 0. The topological polar surface area (TPSA) is 60.8 Å². The van der Waals surface area contributed by atoms with Crippen molar-refractivity contribution in [1.29, 1.82) is 0 Å². The lowest BCUT2D eigenvalue weighted by molar-refractivity contribution is -0.131. The van der Waals surface area contributed by atoms with Gasteiger partial charge in [-0.3, -0.25) is 4.90 Å². The fraction of sp³-hybridized carbons (Fsp3) is 0.700. The van der Waals surface area contributed by atoms with Gasteiger partial charge in [0.25, 0.3) is 0 Å². The maximum atomic E-state index is 10.2. The van der Waals surface area contributed by atoms with E-state index in [9.17, 15) is 9.90 Å². The van der Waals surface area contributed by atoms with Crippen molar-refractivity contribution in [3.8, 4) is 0 Å². The molecule has 0 aliphatic carbocycles. The molecule has 1 heterocycles. The van der Waals surface area contributed by atoms with Crippen molar-refractivity contribution in [2.75, 3.05) is 19.6 Å². The summed E-state index contributed by atoms with van der Waals surface area (Å²) in [6.45, 7) is 4.35. The lowest BCUT2D eigenvalue weighted by Gasteiger charge is -2.33. The minimum absolute atomic E-state index is 0.199. The molecular weight excluding hydrogens is 182 g/mol. The van der Waals surface area contributed by atoms with Gasteiger partial charge in [-0.1, -0.05) is 13.0 Å². The first-order valence-corrected chi connectivity index (χ1v) is 4.89. The van der Waals surface area contributed by atoms with Gasteiger partial charge in [-0.2, -0.15) is 0 Å². The molecule has 0 amide bonds. The molecule has 4 nitrogen and oxygen atoms in total. The number of aliphatic hydroxyl groups excluding tert-OH is 1. The summed E-state index contributed by atoms with van der Waals surface area (Å²) in [5.74, 6) is -0.628. The molecule has 2 atom stereocenters. The summed E-state index contributed by atoms with van der Waals surface area (Å²) in [5.41, 5.74) is 0.